The van der Waals surface area contributed by atoms with Crippen LogP contribution in [-0.4, -0.2) is 36.1 Å². The Labute approximate surface area is 66.0 Å². The van der Waals surface area contributed by atoms with E-state index in [0.29, 0.717) is 0 Å². The van der Waals surface area contributed by atoms with Crippen molar-refractivity contribution in [3.05, 3.63) is 0 Å². The average molecular weight is 162 g/mol. The van der Waals surface area contributed by atoms with Crippen molar-refractivity contribution in [3.63, 3.8) is 0 Å². The third-order valence-electron chi connectivity index (χ3n) is 0.381. The van der Waals surface area contributed by atoms with Crippen LogP contribution >= 0.6 is 0 Å². The molecule has 0 radical (unpaired) electrons. The van der Waals surface area contributed by atoms with Crippen LogP contribution in [0.25, 0.3) is 0 Å². The zero-order chi connectivity index (χ0) is 9.44. The van der Waals surface area contributed by atoms with E-state index in [4.69, 9.17) is 9.90 Å². The Hall–Kier alpha value is -1.10. The van der Waals surface area contributed by atoms with E-state index in [-0.39, 0.29) is 5.91 Å². The fourth-order valence-corrected chi connectivity index (χ4v) is 0.315. The average Bonchev–Trinajstić information content (AvgIpc) is 1.56. The number of hydrogen-bond acceptors (Lipinski definition) is 3. The van der Waals surface area contributed by atoms with E-state index in [0.717, 1.165) is 6.92 Å². The lowest BCUT2D eigenvalue weighted by Gasteiger charge is -2.07. The molecule has 0 unspecified atom stereocenters. The van der Waals surface area contributed by atoms with Crippen molar-refractivity contribution in [3.8, 4) is 0 Å². The van der Waals surface area contributed by atoms with Crippen LogP contribution < -0.4 is 5.43 Å². The van der Waals surface area contributed by atoms with Gasteiger partial charge in [-0.05, 0) is 0 Å². The lowest BCUT2D eigenvalue weighted by atomic mass is 10.7. The SMILES string of the molecule is CC(=O)NN(C)C.CC(=O)O. The number of hydrazine groups is 1. The largest absolute Gasteiger partial charge is 0.481 e. The van der Waals surface area contributed by atoms with Crippen LogP contribution in [0.4, 0.5) is 0 Å². The number of rotatable bonds is 1. The summed E-state index contributed by atoms with van der Waals surface area (Å²) in [7, 11) is 3.53. The van der Waals surface area contributed by atoms with Crippen LogP contribution in [0.1, 0.15) is 13.8 Å². The second kappa shape index (κ2) is 7.01. The Morgan fingerprint density at radius 2 is 1.55 bits per heavy atom. The molecule has 0 aliphatic heterocycles. The number of hydrogen-bond donors (Lipinski definition) is 2. The molecule has 0 saturated carbocycles. The van der Waals surface area contributed by atoms with Crippen molar-refractivity contribution in [2.45, 2.75) is 13.8 Å². The maximum Gasteiger partial charge on any atom is 0.300 e. The topological polar surface area (TPSA) is 69.6 Å². The standard InChI is InChI=1S/C4H10N2O.C2H4O2/c1-4(7)5-6(2)3;1-2(3)4/h1-3H3,(H,5,7);1H3,(H,3,4). The van der Waals surface area contributed by atoms with E-state index in [1.807, 2.05) is 0 Å². The number of amides is 1. The van der Waals surface area contributed by atoms with Gasteiger partial charge in [-0.3, -0.25) is 15.0 Å². The van der Waals surface area contributed by atoms with E-state index < -0.39 is 5.97 Å². The number of nitrogens with one attached hydrogen (secondary N) is 1. The third kappa shape index (κ3) is 50.4. The summed E-state index contributed by atoms with van der Waals surface area (Å²) in [5.41, 5.74) is 2.50. The van der Waals surface area contributed by atoms with Crippen LogP contribution in [0.3, 0.4) is 0 Å². The molecule has 2 N–H and O–H groups in total. The summed E-state index contributed by atoms with van der Waals surface area (Å²) in [6.45, 7) is 2.56. The molecule has 0 aromatic carbocycles. The van der Waals surface area contributed by atoms with Gasteiger partial charge in [0.2, 0.25) is 5.91 Å². The highest BCUT2D eigenvalue weighted by atomic mass is 16.4. The smallest absolute Gasteiger partial charge is 0.300 e. The molecule has 5 heteroatoms. The highest BCUT2D eigenvalue weighted by Crippen LogP contribution is 1.61. The number of aliphatic carboxylic acids is 1. The van der Waals surface area contributed by atoms with Gasteiger partial charge in [-0.25, -0.2) is 5.01 Å². The molecule has 11 heavy (non-hydrogen) atoms. The van der Waals surface area contributed by atoms with Gasteiger partial charge in [0.05, 0.1) is 0 Å². The Balaban J connectivity index is 0. The van der Waals surface area contributed by atoms with Crippen LogP contribution in [-0.2, 0) is 9.59 Å². The Morgan fingerprint density at radius 3 is 1.55 bits per heavy atom. The van der Waals surface area contributed by atoms with Crippen LogP contribution in [0.5, 0.6) is 0 Å². The molecule has 0 rings (SSSR count). The predicted octanol–water partition coefficient (Wildman–Crippen LogP) is -0.310. The van der Waals surface area contributed by atoms with Crippen molar-refractivity contribution in [1.29, 1.82) is 0 Å². The molecule has 66 valence electrons. The maximum atomic E-state index is 10.1. The molecular formula is C6H14N2O3. The van der Waals surface area contributed by atoms with Crippen LogP contribution in [0, 0.1) is 0 Å². The molecule has 0 heterocycles. The predicted molar refractivity (Wildman–Crippen MR) is 40.8 cm³/mol. The molecular weight excluding hydrogens is 148 g/mol. The molecule has 0 aliphatic rings. The van der Waals surface area contributed by atoms with Crippen molar-refractivity contribution in [2.24, 2.45) is 0 Å². The van der Waals surface area contributed by atoms with Gasteiger partial charge in [0.1, 0.15) is 0 Å². The Bertz CT molecular complexity index is 130. The third-order valence-corrected chi connectivity index (χ3v) is 0.381. The van der Waals surface area contributed by atoms with Gasteiger partial charge in [-0.2, -0.15) is 0 Å². The molecule has 0 aromatic rings. The quantitative estimate of drug-likeness (QED) is 0.519. The maximum absolute atomic E-state index is 10.1. The molecule has 0 spiro atoms. The molecule has 0 saturated heterocycles. The van der Waals surface area contributed by atoms with Crippen molar-refractivity contribution in [1.82, 2.24) is 10.4 Å². The van der Waals surface area contributed by atoms with E-state index in [1.54, 1.807) is 19.1 Å². The molecule has 0 fully saturated rings. The highest BCUT2D eigenvalue weighted by molar-refractivity contribution is 5.72. The van der Waals surface area contributed by atoms with Gasteiger partial charge in [0, 0.05) is 27.9 Å². The number of carbonyl (C=O) groups excluding carboxylic acids is 1. The lowest BCUT2D eigenvalue weighted by molar-refractivity contribution is -0.134. The van der Waals surface area contributed by atoms with E-state index in [1.165, 1.54) is 6.92 Å². The summed E-state index contributed by atoms with van der Waals surface area (Å²) in [4.78, 5) is 19.1. The second-order valence-corrected chi connectivity index (χ2v) is 2.08. The van der Waals surface area contributed by atoms with E-state index in [9.17, 15) is 4.79 Å². The van der Waals surface area contributed by atoms with Gasteiger partial charge in [-0.15, -0.1) is 0 Å². The molecule has 0 bridgehead atoms. The Morgan fingerprint density at radius 1 is 1.27 bits per heavy atom. The first-order valence-corrected chi connectivity index (χ1v) is 3.00. The van der Waals surface area contributed by atoms with Gasteiger partial charge in [0.25, 0.3) is 5.97 Å². The van der Waals surface area contributed by atoms with Crippen molar-refractivity contribution < 1.29 is 14.7 Å². The summed E-state index contributed by atoms with van der Waals surface area (Å²) < 4.78 is 0. The van der Waals surface area contributed by atoms with Crippen molar-refractivity contribution in [2.75, 3.05) is 14.1 Å². The fourth-order valence-electron chi connectivity index (χ4n) is 0.315. The minimum absolute atomic E-state index is 0.0370. The van der Waals surface area contributed by atoms with Gasteiger partial charge in [0.15, 0.2) is 0 Å². The molecule has 0 aromatic heterocycles. The van der Waals surface area contributed by atoms with E-state index >= 15 is 0 Å². The zero-order valence-corrected chi connectivity index (χ0v) is 7.21. The monoisotopic (exact) mass is 162 g/mol. The second-order valence-electron chi connectivity index (χ2n) is 2.08. The molecule has 0 atom stereocenters. The number of carboxylic acid groups (broad SMARTS) is 1. The van der Waals surface area contributed by atoms with Gasteiger partial charge < -0.3 is 5.11 Å². The zero-order valence-electron chi connectivity index (χ0n) is 7.21. The Kier molecular flexibility index (Phi) is 8.01. The number of carbonyl (C=O) groups is 2. The number of carboxylic acids is 1. The molecule has 0 aliphatic carbocycles. The van der Waals surface area contributed by atoms with Gasteiger partial charge >= 0.3 is 0 Å². The summed E-state index contributed by atoms with van der Waals surface area (Å²) in [5.74, 6) is -0.870. The first-order chi connectivity index (χ1) is 4.86. The minimum atomic E-state index is -0.833. The van der Waals surface area contributed by atoms with Crippen LogP contribution in [0.15, 0.2) is 0 Å². The summed E-state index contributed by atoms with van der Waals surface area (Å²) in [6.07, 6.45) is 0. The van der Waals surface area contributed by atoms with Crippen molar-refractivity contribution >= 4 is 11.9 Å². The first-order valence-electron chi connectivity index (χ1n) is 3.00. The fraction of sp³-hybridized carbons (Fsp3) is 0.667. The first kappa shape index (κ1) is 12.6. The van der Waals surface area contributed by atoms with Gasteiger partial charge in [-0.1, -0.05) is 0 Å². The highest BCUT2D eigenvalue weighted by Gasteiger charge is 1.87. The van der Waals surface area contributed by atoms with Crippen LogP contribution in [0.2, 0.25) is 0 Å². The number of nitrogens with zero attached hydrogens (tertiary/aromatic N) is 1. The summed E-state index contributed by atoms with van der Waals surface area (Å²) in [6, 6.07) is 0. The summed E-state index contributed by atoms with van der Waals surface area (Å²) in [5, 5.41) is 9.02. The minimum Gasteiger partial charge on any atom is -0.481 e. The molecule has 5 nitrogen and oxygen atoms in total. The molecule has 1 amide bonds. The summed E-state index contributed by atoms with van der Waals surface area (Å²) >= 11 is 0. The normalized spacial score (nSPS) is 8.09. The van der Waals surface area contributed by atoms with E-state index in [2.05, 4.69) is 5.43 Å². The lowest BCUT2D eigenvalue weighted by Crippen LogP contribution is -2.34.